The van der Waals surface area contributed by atoms with Gasteiger partial charge in [-0.25, -0.2) is 0 Å². The Morgan fingerprint density at radius 3 is 2.03 bits per heavy atom. The maximum Gasteiger partial charge on any atom is 0.269 e. The maximum absolute atomic E-state index is 14.7. The number of ether oxygens (including phenoxy) is 2. The quantitative estimate of drug-likeness (QED) is 0.172. The molecule has 4 heterocycles. The van der Waals surface area contributed by atoms with Crippen LogP contribution in [-0.2, 0) is 44.3 Å². The number of hydrogen-bond donors (Lipinski definition) is 2. The van der Waals surface area contributed by atoms with Crippen molar-refractivity contribution in [1.29, 1.82) is 0 Å². The molecule has 0 radical (unpaired) electrons. The van der Waals surface area contributed by atoms with E-state index in [1.165, 1.54) is 9.80 Å². The number of nitrogens with zero attached hydrogens (tertiary/aromatic N) is 4. The van der Waals surface area contributed by atoms with Gasteiger partial charge in [-0.1, -0.05) is 79.7 Å². The van der Waals surface area contributed by atoms with Crippen molar-refractivity contribution in [1.82, 2.24) is 4.90 Å². The predicted molar refractivity (Wildman–Crippen MR) is 221 cm³/mol. The van der Waals surface area contributed by atoms with Gasteiger partial charge in [-0.2, -0.15) is 0 Å². The third kappa shape index (κ3) is 6.60. The number of rotatable bonds is 9. The van der Waals surface area contributed by atoms with Crippen molar-refractivity contribution >= 4 is 52.1 Å². The zero-order chi connectivity index (χ0) is 40.8. The van der Waals surface area contributed by atoms with E-state index < -0.39 is 17.4 Å². The molecule has 298 valence electrons. The zero-order valence-electron chi connectivity index (χ0n) is 32.4. The minimum Gasteiger partial charge on any atom is -0.482 e. The molecule has 59 heavy (non-hydrogen) atoms. The lowest BCUT2D eigenvalue weighted by Gasteiger charge is -2.36. The molecule has 0 spiro atoms. The molecular weight excluding hydrogens is 749 g/mol. The van der Waals surface area contributed by atoms with Crippen LogP contribution in [0.4, 0.5) is 28.4 Å². The SMILES string of the molecule is C[C@H](/C=C/CC(=O)N1Cc2ccccc2C[C@H]1CO)[C@@]1(O)C(=O)N(Cc2ccc(N3C(=O)COc4ccccc43)cc2)c2ccc(N3C(=O)COc4ccccc43)cc21. The molecule has 0 fully saturated rings. The van der Waals surface area contributed by atoms with Crippen LogP contribution in [0.15, 0.2) is 127 Å². The van der Waals surface area contributed by atoms with Crippen molar-refractivity contribution < 1.29 is 38.9 Å². The van der Waals surface area contributed by atoms with Crippen molar-refractivity contribution in [2.75, 3.05) is 34.5 Å². The number of carbonyl (C=O) groups excluding carboxylic acids is 4. The number of carbonyl (C=O) groups is 4. The highest BCUT2D eigenvalue weighted by Crippen LogP contribution is 2.49. The highest BCUT2D eigenvalue weighted by molar-refractivity contribution is 6.09. The lowest BCUT2D eigenvalue weighted by molar-refractivity contribution is -0.139. The lowest BCUT2D eigenvalue weighted by Crippen LogP contribution is -2.46. The summed E-state index contributed by atoms with van der Waals surface area (Å²) < 4.78 is 11.3. The third-order valence-electron chi connectivity index (χ3n) is 11.7. The Bertz CT molecular complexity index is 2520. The Hall–Kier alpha value is -6.76. The Morgan fingerprint density at radius 1 is 0.780 bits per heavy atom. The van der Waals surface area contributed by atoms with Crippen LogP contribution >= 0.6 is 0 Å². The van der Waals surface area contributed by atoms with Gasteiger partial charge in [-0.05, 0) is 77.7 Å². The average Bonchev–Trinajstić information content (AvgIpc) is 3.47. The molecule has 0 saturated carbocycles. The van der Waals surface area contributed by atoms with Crippen molar-refractivity contribution in [2.45, 2.75) is 44.5 Å². The van der Waals surface area contributed by atoms with E-state index in [1.807, 2.05) is 78.9 Å². The Kier molecular flexibility index (Phi) is 9.74. The first kappa shape index (κ1) is 37.8. The largest absolute Gasteiger partial charge is 0.482 e. The third-order valence-corrected chi connectivity index (χ3v) is 11.7. The zero-order valence-corrected chi connectivity index (χ0v) is 32.4. The molecule has 0 aromatic heterocycles. The summed E-state index contributed by atoms with van der Waals surface area (Å²) in [5.74, 6) is -0.908. The number of hydrogen-bond acceptors (Lipinski definition) is 8. The molecule has 3 atom stereocenters. The molecule has 0 saturated heterocycles. The summed E-state index contributed by atoms with van der Waals surface area (Å²) in [6.45, 7) is 1.80. The van der Waals surface area contributed by atoms with E-state index >= 15 is 0 Å². The summed E-state index contributed by atoms with van der Waals surface area (Å²) >= 11 is 0. The first-order chi connectivity index (χ1) is 28.6. The van der Waals surface area contributed by atoms with Gasteiger partial charge in [0, 0.05) is 35.8 Å². The van der Waals surface area contributed by atoms with Crippen LogP contribution in [0.1, 0.15) is 35.6 Å². The topological polar surface area (TPSA) is 140 Å². The second-order valence-electron chi connectivity index (χ2n) is 15.2. The van der Waals surface area contributed by atoms with Crippen LogP contribution < -0.4 is 24.2 Å². The second-order valence-corrected chi connectivity index (χ2v) is 15.2. The molecule has 12 heteroatoms. The van der Waals surface area contributed by atoms with Gasteiger partial charge in [-0.15, -0.1) is 0 Å². The molecule has 0 bridgehead atoms. The van der Waals surface area contributed by atoms with Gasteiger partial charge in [0.2, 0.25) is 5.91 Å². The van der Waals surface area contributed by atoms with Crippen LogP contribution in [0.25, 0.3) is 0 Å². The van der Waals surface area contributed by atoms with Crippen LogP contribution in [0, 0.1) is 5.92 Å². The van der Waals surface area contributed by atoms with Gasteiger partial charge >= 0.3 is 0 Å². The van der Waals surface area contributed by atoms with E-state index in [9.17, 15) is 29.4 Å². The molecule has 4 aliphatic heterocycles. The van der Waals surface area contributed by atoms with E-state index in [4.69, 9.17) is 9.47 Å². The van der Waals surface area contributed by atoms with E-state index in [2.05, 4.69) is 0 Å². The van der Waals surface area contributed by atoms with Gasteiger partial charge in [0.25, 0.3) is 17.7 Å². The lowest BCUT2D eigenvalue weighted by atomic mass is 9.82. The van der Waals surface area contributed by atoms with Gasteiger partial charge in [0.15, 0.2) is 18.8 Å². The molecular formula is C47H42N4O8. The summed E-state index contributed by atoms with van der Waals surface area (Å²) in [6, 6.07) is 34.6. The summed E-state index contributed by atoms with van der Waals surface area (Å²) in [5, 5.41) is 22.8. The summed E-state index contributed by atoms with van der Waals surface area (Å²) in [5.41, 5.74) is 3.92. The minimum absolute atomic E-state index is 0.00538. The molecule has 12 nitrogen and oxygen atoms in total. The van der Waals surface area contributed by atoms with Gasteiger partial charge < -0.3 is 29.5 Å². The van der Waals surface area contributed by atoms with Crippen LogP contribution in [0.3, 0.4) is 0 Å². The summed E-state index contributed by atoms with van der Waals surface area (Å²) in [6.07, 6.45) is 3.92. The molecule has 9 rings (SSSR count). The van der Waals surface area contributed by atoms with E-state index in [0.29, 0.717) is 58.5 Å². The minimum atomic E-state index is -2.07. The normalized spacial score (nSPS) is 20.1. The molecule has 2 N–H and O–H groups in total. The van der Waals surface area contributed by atoms with Crippen molar-refractivity contribution in [3.05, 3.63) is 150 Å². The second kappa shape index (κ2) is 15.2. The Labute approximate surface area is 341 Å². The number of amides is 4. The number of aliphatic hydroxyl groups excluding tert-OH is 1. The number of benzene rings is 5. The van der Waals surface area contributed by atoms with Crippen LogP contribution in [0.2, 0.25) is 0 Å². The number of fused-ring (bicyclic) bond motifs is 4. The Morgan fingerprint density at radius 2 is 1.37 bits per heavy atom. The monoisotopic (exact) mass is 790 g/mol. The molecule has 0 aliphatic carbocycles. The first-order valence-electron chi connectivity index (χ1n) is 19.7. The number of anilines is 5. The molecule has 5 aromatic carbocycles. The van der Waals surface area contributed by atoms with Crippen molar-refractivity contribution in [3.63, 3.8) is 0 Å². The van der Waals surface area contributed by atoms with E-state index in [-0.39, 0.29) is 56.5 Å². The van der Waals surface area contributed by atoms with Crippen LogP contribution in [0.5, 0.6) is 11.5 Å². The average molecular weight is 791 g/mol. The smallest absolute Gasteiger partial charge is 0.269 e. The fraction of sp³-hybridized carbons (Fsp3) is 0.234. The molecule has 5 aromatic rings. The van der Waals surface area contributed by atoms with E-state index in [0.717, 1.165) is 16.7 Å². The van der Waals surface area contributed by atoms with Crippen molar-refractivity contribution in [2.24, 2.45) is 5.92 Å². The number of aliphatic hydroxyl groups is 2. The van der Waals surface area contributed by atoms with Gasteiger partial charge in [0.1, 0.15) is 11.5 Å². The standard InChI is InChI=1S/C47H42N4O8/c1-30(9-8-16-43(53)48-26-33-11-3-2-10-32(33)23-36(48)27-52)47(57)37-24-35(51-40-13-5-7-15-42(40)59-29-45(51)55)21-22-38(37)49(46(47)56)25-31-17-19-34(20-18-31)50-39-12-4-6-14-41(39)58-28-44(50)54/h2-15,17-22,24,30,36,52,57H,16,23,25-29H2,1H3/b9-8+/t30-,36+,47+/m1/s1. The molecule has 4 amide bonds. The fourth-order valence-corrected chi connectivity index (χ4v) is 8.61. The van der Waals surface area contributed by atoms with E-state index in [1.54, 1.807) is 65.3 Å². The summed E-state index contributed by atoms with van der Waals surface area (Å²) in [4.78, 5) is 61.0. The summed E-state index contributed by atoms with van der Waals surface area (Å²) in [7, 11) is 0. The Balaban J connectivity index is 1.02. The molecule has 0 unspecified atom stereocenters. The first-order valence-corrected chi connectivity index (χ1v) is 19.7. The van der Waals surface area contributed by atoms with Gasteiger partial charge in [-0.3, -0.25) is 29.0 Å². The maximum atomic E-state index is 14.7. The number of para-hydroxylation sites is 4. The fourth-order valence-electron chi connectivity index (χ4n) is 8.61. The predicted octanol–water partition coefficient (Wildman–Crippen LogP) is 6.06. The highest BCUT2D eigenvalue weighted by Gasteiger charge is 2.53. The van der Waals surface area contributed by atoms with Crippen LogP contribution in [-0.4, -0.2) is 64.6 Å². The highest BCUT2D eigenvalue weighted by atomic mass is 16.5. The molecule has 4 aliphatic rings. The van der Waals surface area contributed by atoms with Crippen molar-refractivity contribution in [3.8, 4) is 11.5 Å². The van der Waals surface area contributed by atoms with Gasteiger partial charge in [0.05, 0.1) is 36.3 Å².